The predicted molar refractivity (Wildman–Crippen MR) is 69.9 cm³/mol. The lowest BCUT2D eigenvalue weighted by molar-refractivity contribution is -0.142. The second-order valence-electron chi connectivity index (χ2n) is 3.74. The number of hydrogen-bond acceptors (Lipinski definition) is 4. The first-order chi connectivity index (χ1) is 9.06. The summed E-state index contributed by atoms with van der Waals surface area (Å²) in [6.07, 6.45) is 1.12. The molecule has 0 saturated carbocycles. The molecule has 0 unspecified atom stereocenters. The van der Waals surface area contributed by atoms with Gasteiger partial charge in [0.25, 0.3) is 0 Å². The molecular weight excluding hydrogens is 248 g/mol. The SMILES string of the molecule is CCOC(=O)/C(=C\c1cccc(OC)c1)CC(=O)O. The Labute approximate surface area is 111 Å². The molecule has 0 aliphatic carbocycles. The molecule has 0 radical (unpaired) electrons. The van der Waals surface area contributed by atoms with E-state index in [0.717, 1.165) is 0 Å². The summed E-state index contributed by atoms with van der Waals surface area (Å²) >= 11 is 0. The van der Waals surface area contributed by atoms with Crippen LogP contribution < -0.4 is 4.74 Å². The number of methoxy groups -OCH3 is 1. The van der Waals surface area contributed by atoms with Crippen molar-refractivity contribution in [2.75, 3.05) is 13.7 Å². The number of esters is 1. The van der Waals surface area contributed by atoms with Crippen LogP contribution in [0.1, 0.15) is 18.9 Å². The fourth-order valence-corrected chi connectivity index (χ4v) is 1.50. The van der Waals surface area contributed by atoms with Crippen molar-refractivity contribution in [3.8, 4) is 5.75 Å². The van der Waals surface area contributed by atoms with E-state index in [1.807, 2.05) is 0 Å². The smallest absolute Gasteiger partial charge is 0.334 e. The van der Waals surface area contributed by atoms with Crippen molar-refractivity contribution in [1.29, 1.82) is 0 Å². The van der Waals surface area contributed by atoms with E-state index in [2.05, 4.69) is 0 Å². The molecule has 0 aliphatic rings. The Morgan fingerprint density at radius 3 is 2.68 bits per heavy atom. The van der Waals surface area contributed by atoms with Gasteiger partial charge in [-0.3, -0.25) is 4.79 Å². The molecule has 0 bridgehead atoms. The average Bonchev–Trinajstić information content (AvgIpc) is 2.38. The van der Waals surface area contributed by atoms with Crippen molar-refractivity contribution in [1.82, 2.24) is 0 Å². The molecule has 1 aromatic carbocycles. The quantitative estimate of drug-likeness (QED) is 0.629. The van der Waals surface area contributed by atoms with Gasteiger partial charge in [-0.2, -0.15) is 0 Å². The Balaban J connectivity index is 3.03. The first-order valence-corrected chi connectivity index (χ1v) is 5.80. The maximum atomic E-state index is 11.7. The Morgan fingerprint density at radius 1 is 1.37 bits per heavy atom. The minimum absolute atomic E-state index is 0.0996. The van der Waals surface area contributed by atoms with Gasteiger partial charge in [0.05, 0.1) is 20.1 Å². The number of benzene rings is 1. The summed E-state index contributed by atoms with van der Waals surface area (Å²) in [5.74, 6) is -1.07. The molecule has 0 aliphatic heterocycles. The van der Waals surface area contributed by atoms with Crippen LogP contribution in [0.5, 0.6) is 5.75 Å². The summed E-state index contributed by atoms with van der Waals surface area (Å²) in [6, 6.07) is 6.98. The van der Waals surface area contributed by atoms with Crippen molar-refractivity contribution in [3.05, 3.63) is 35.4 Å². The van der Waals surface area contributed by atoms with Crippen LogP contribution in [0.3, 0.4) is 0 Å². The largest absolute Gasteiger partial charge is 0.497 e. The van der Waals surface area contributed by atoms with Crippen molar-refractivity contribution in [3.63, 3.8) is 0 Å². The van der Waals surface area contributed by atoms with Gasteiger partial charge < -0.3 is 14.6 Å². The van der Waals surface area contributed by atoms with Gasteiger partial charge >= 0.3 is 11.9 Å². The summed E-state index contributed by atoms with van der Waals surface area (Å²) < 4.78 is 9.90. The van der Waals surface area contributed by atoms with Gasteiger partial charge in [0.15, 0.2) is 0 Å². The molecule has 19 heavy (non-hydrogen) atoms. The zero-order valence-corrected chi connectivity index (χ0v) is 10.9. The van der Waals surface area contributed by atoms with Crippen LogP contribution in [0.25, 0.3) is 6.08 Å². The second kappa shape index (κ2) is 7.20. The van der Waals surface area contributed by atoms with Gasteiger partial charge in [0, 0.05) is 5.57 Å². The Kier molecular flexibility index (Phi) is 5.60. The Hall–Kier alpha value is -2.30. The van der Waals surface area contributed by atoms with Crippen molar-refractivity contribution >= 4 is 18.0 Å². The number of carbonyl (C=O) groups excluding carboxylic acids is 1. The number of ether oxygens (including phenoxy) is 2. The molecular formula is C14H16O5. The third-order valence-electron chi connectivity index (χ3n) is 2.31. The van der Waals surface area contributed by atoms with Gasteiger partial charge in [-0.1, -0.05) is 12.1 Å². The van der Waals surface area contributed by atoms with Crippen molar-refractivity contribution in [2.45, 2.75) is 13.3 Å². The third-order valence-corrected chi connectivity index (χ3v) is 2.31. The molecule has 1 N–H and O–H groups in total. The number of hydrogen-bond donors (Lipinski definition) is 1. The highest BCUT2D eigenvalue weighted by Gasteiger charge is 2.14. The lowest BCUT2D eigenvalue weighted by atomic mass is 10.1. The van der Waals surface area contributed by atoms with Crippen LogP contribution in [0.4, 0.5) is 0 Å². The molecule has 0 atom stereocenters. The Morgan fingerprint density at radius 2 is 2.11 bits per heavy atom. The molecule has 1 aromatic rings. The fourth-order valence-electron chi connectivity index (χ4n) is 1.50. The zero-order chi connectivity index (χ0) is 14.3. The summed E-state index contributed by atoms with van der Waals surface area (Å²) in [7, 11) is 1.53. The van der Waals surface area contributed by atoms with E-state index in [1.54, 1.807) is 31.2 Å². The first-order valence-electron chi connectivity index (χ1n) is 5.80. The lowest BCUT2D eigenvalue weighted by Crippen LogP contribution is -2.11. The van der Waals surface area contributed by atoms with E-state index in [-0.39, 0.29) is 18.6 Å². The molecule has 0 fully saturated rings. The van der Waals surface area contributed by atoms with E-state index in [4.69, 9.17) is 14.6 Å². The normalized spacial score (nSPS) is 10.9. The number of carbonyl (C=O) groups is 2. The van der Waals surface area contributed by atoms with Crippen LogP contribution in [-0.4, -0.2) is 30.8 Å². The van der Waals surface area contributed by atoms with Crippen molar-refractivity contribution < 1.29 is 24.2 Å². The van der Waals surface area contributed by atoms with Crippen molar-refractivity contribution in [2.24, 2.45) is 0 Å². The molecule has 0 aromatic heterocycles. The van der Waals surface area contributed by atoms with E-state index in [0.29, 0.717) is 11.3 Å². The summed E-state index contributed by atoms with van der Waals surface area (Å²) in [4.78, 5) is 22.4. The van der Waals surface area contributed by atoms with E-state index >= 15 is 0 Å². The highest BCUT2D eigenvalue weighted by molar-refractivity contribution is 5.98. The second-order valence-corrected chi connectivity index (χ2v) is 3.74. The fraction of sp³-hybridized carbons (Fsp3) is 0.286. The zero-order valence-electron chi connectivity index (χ0n) is 10.9. The van der Waals surface area contributed by atoms with Gasteiger partial charge in [-0.15, -0.1) is 0 Å². The summed E-state index contributed by atoms with van der Waals surface area (Å²) in [5, 5.41) is 8.81. The molecule has 0 heterocycles. The van der Waals surface area contributed by atoms with Gasteiger partial charge in [0.2, 0.25) is 0 Å². The maximum absolute atomic E-state index is 11.7. The molecule has 0 spiro atoms. The molecule has 5 heteroatoms. The highest BCUT2D eigenvalue weighted by atomic mass is 16.5. The van der Waals surface area contributed by atoms with Crippen LogP contribution in [0.2, 0.25) is 0 Å². The maximum Gasteiger partial charge on any atom is 0.334 e. The van der Waals surface area contributed by atoms with Crippen LogP contribution in [-0.2, 0) is 14.3 Å². The Bertz CT molecular complexity index is 490. The van der Waals surface area contributed by atoms with Crippen LogP contribution >= 0.6 is 0 Å². The molecule has 1 rings (SSSR count). The predicted octanol–water partition coefficient (Wildman–Crippen LogP) is 2.12. The van der Waals surface area contributed by atoms with Crippen LogP contribution in [0, 0.1) is 0 Å². The van der Waals surface area contributed by atoms with Gasteiger partial charge in [-0.05, 0) is 30.7 Å². The summed E-state index contributed by atoms with van der Waals surface area (Å²) in [6.45, 7) is 1.87. The van der Waals surface area contributed by atoms with E-state index in [9.17, 15) is 9.59 Å². The molecule has 102 valence electrons. The van der Waals surface area contributed by atoms with Crippen LogP contribution in [0.15, 0.2) is 29.8 Å². The minimum atomic E-state index is -1.08. The van der Waals surface area contributed by atoms with Gasteiger partial charge in [-0.25, -0.2) is 4.79 Å². The topological polar surface area (TPSA) is 72.8 Å². The molecule has 0 amide bonds. The minimum Gasteiger partial charge on any atom is -0.497 e. The third kappa shape index (κ3) is 4.83. The standard InChI is InChI=1S/C14H16O5/c1-3-19-14(17)11(9-13(15)16)7-10-5-4-6-12(8-10)18-2/h4-8H,3,9H2,1-2H3,(H,15,16)/b11-7-. The molecule has 0 saturated heterocycles. The molecule has 5 nitrogen and oxygen atoms in total. The van der Waals surface area contributed by atoms with E-state index < -0.39 is 11.9 Å². The first kappa shape index (κ1) is 14.8. The number of aliphatic carboxylic acids is 1. The summed E-state index contributed by atoms with van der Waals surface area (Å²) in [5.41, 5.74) is 0.784. The average molecular weight is 264 g/mol. The number of carboxylic acids is 1. The number of carboxylic acid groups (broad SMARTS) is 1. The number of rotatable bonds is 6. The monoisotopic (exact) mass is 264 g/mol. The highest BCUT2D eigenvalue weighted by Crippen LogP contribution is 2.17. The van der Waals surface area contributed by atoms with E-state index in [1.165, 1.54) is 13.2 Å². The lowest BCUT2D eigenvalue weighted by Gasteiger charge is -2.06. The van der Waals surface area contributed by atoms with Gasteiger partial charge in [0.1, 0.15) is 5.75 Å².